The van der Waals surface area contributed by atoms with E-state index in [1.54, 1.807) is 24.3 Å². The van der Waals surface area contributed by atoms with E-state index in [1.165, 1.54) is 6.21 Å². The molecule has 0 heterocycles. The van der Waals surface area contributed by atoms with Gasteiger partial charge < -0.3 is 15.4 Å². The largest absolute Gasteiger partial charge is 0.483 e. The van der Waals surface area contributed by atoms with Gasteiger partial charge in [-0.2, -0.15) is 5.10 Å². The number of halogens is 2. The van der Waals surface area contributed by atoms with E-state index in [9.17, 15) is 14.4 Å². The lowest BCUT2D eigenvalue weighted by Gasteiger charge is -2.11. The van der Waals surface area contributed by atoms with Gasteiger partial charge in [-0.25, -0.2) is 5.43 Å². The highest BCUT2D eigenvalue weighted by atomic mass is 79.9. The quantitative estimate of drug-likeness (QED) is 0.210. The summed E-state index contributed by atoms with van der Waals surface area (Å²) in [6.07, 6.45) is 1.28. The van der Waals surface area contributed by atoms with E-state index < -0.39 is 11.8 Å². The first-order valence-electron chi connectivity index (χ1n) is 10.9. The summed E-state index contributed by atoms with van der Waals surface area (Å²) >= 11 is 9.45. The number of aryl methyl sites for hydroxylation is 2. The highest BCUT2D eigenvalue weighted by Gasteiger charge is 2.13. The average molecular weight is 572 g/mol. The lowest BCUT2D eigenvalue weighted by Crippen LogP contribution is -2.37. The number of hydrogen-bond donors (Lipinski definition) is 3. The molecule has 0 saturated heterocycles. The molecule has 0 aliphatic heterocycles. The first-order valence-corrected chi connectivity index (χ1v) is 12.0. The summed E-state index contributed by atoms with van der Waals surface area (Å²) in [5.41, 5.74) is 6.12. The summed E-state index contributed by atoms with van der Waals surface area (Å²) in [6, 6.07) is 17.8. The SMILES string of the molecule is Cc1ccc(CNC(=O)C(=O)N/N=C\c2cc(Cl)ccc2OCC(=O)Nc2ccc(Br)cc2C)cc1. The Kier molecular flexibility index (Phi) is 9.61. The number of nitrogens with zero attached hydrogens (tertiary/aromatic N) is 1. The van der Waals surface area contributed by atoms with E-state index in [0.29, 0.717) is 22.0 Å². The van der Waals surface area contributed by atoms with Crippen molar-refractivity contribution in [1.82, 2.24) is 10.7 Å². The van der Waals surface area contributed by atoms with Gasteiger partial charge in [0.1, 0.15) is 5.75 Å². The second-order valence-corrected chi connectivity index (χ2v) is 9.20. The van der Waals surface area contributed by atoms with Gasteiger partial charge in [0.05, 0.1) is 6.21 Å². The van der Waals surface area contributed by atoms with Gasteiger partial charge >= 0.3 is 11.8 Å². The Labute approximate surface area is 222 Å². The van der Waals surface area contributed by atoms with Crippen molar-refractivity contribution in [3.63, 3.8) is 0 Å². The molecule has 0 saturated carbocycles. The van der Waals surface area contributed by atoms with Crippen LogP contribution in [0.2, 0.25) is 5.02 Å². The number of carbonyl (C=O) groups excluding carboxylic acids is 3. The minimum Gasteiger partial charge on any atom is -0.483 e. The summed E-state index contributed by atoms with van der Waals surface area (Å²) in [5, 5.41) is 9.54. The number of rotatable bonds is 8. The third-order valence-electron chi connectivity index (χ3n) is 4.94. The predicted octanol–water partition coefficient (Wildman–Crippen LogP) is 4.50. The molecule has 36 heavy (non-hydrogen) atoms. The molecule has 0 radical (unpaired) electrons. The standard InChI is InChI=1S/C26H24BrClN4O4/c1-16-3-5-18(6-4-16)13-29-25(34)26(35)32-30-14-19-12-21(28)8-10-23(19)36-15-24(33)31-22-9-7-20(27)11-17(22)2/h3-12,14H,13,15H2,1-2H3,(H,29,34)(H,31,33)(H,32,35)/b30-14-. The Morgan fingerprint density at radius 3 is 2.47 bits per heavy atom. The number of benzene rings is 3. The fourth-order valence-corrected chi connectivity index (χ4v) is 3.68. The maximum atomic E-state index is 12.4. The van der Waals surface area contributed by atoms with Crippen LogP contribution < -0.4 is 20.8 Å². The van der Waals surface area contributed by atoms with Crippen LogP contribution in [-0.4, -0.2) is 30.5 Å². The van der Waals surface area contributed by atoms with Crippen LogP contribution in [0.1, 0.15) is 22.3 Å². The fraction of sp³-hybridized carbons (Fsp3) is 0.154. The van der Waals surface area contributed by atoms with E-state index in [0.717, 1.165) is 21.2 Å². The summed E-state index contributed by atoms with van der Waals surface area (Å²) in [5.74, 6) is -1.77. The van der Waals surface area contributed by atoms with Crippen molar-refractivity contribution < 1.29 is 19.1 Å². The molecule has 0 bridgehead atoms. The van der Waals surface area contributed by atoms with Crippen LogP contribution >= 0.6 is 27.5 Å². The molecule has 3 aromatic carbocycles. The summed E-state index contributed by atoms with van der Waals surface area (Å²) in [7, 11) is 0. The molecule has 8 nitrogen and oxygen atoms in total. The minimum atomic E-state index is -0.924. The molecule has 3 amide bonds. The van der Waals surface area contributed by atoms with Crippen molar-refractivity contribution in [2.24, 2.45) is 5.10 Å². The number of amides is 3. The molecule has 186 valence electrons. The number of hydrazone groups is 1. The molecule has 3 N–H and O–H groups in total. The van der Waals surface area contributed by atoms with Gasteiger partial charge in [-0.1, -0.05) is 57.4 Å². The van der Waals surface area contributed by atoms with E-state index in [4.69, 9.17) is 16.3 Å². The number of ether oxygens (including phenoxy) is 1. The molecule has 3 rings (SSSR count). The Balaban J connectivity index is 1.54. The fourth-order valence-electron chi connectivity index (χ4n) is 3.03. The van der Waals surface area contributed by atoms with Crippen LogP contribution in [0.3, 0.4) is 0 Å². The molecule has 0 aromatic heterocycles. The zero-order valence-corrected chi connectivity index (χ0v) is 21.9. The van der Waals surface area contributed by atoms with E-state index in [-0.39, 0.29) is 19.1 Å². The molecule has 0 spiro atoms. The Morgan fingerprint density at radius 1 is 1.00 bits per heavy atom. The second-order valence-electron chi connectivity index (χ2n) is 7.85. The average Bonchev–Trinajstić information content (AvgIpc) is 2.84. The van der Waals surface area contributed by atoms with Crippen molar-refractivity contribution in [3.8, 4) is 5.75 Å². The van der Waals surface area contributed by atoms with E-state index in [2.05, 4.69) is 37.1 Å². The topological polar surface area (TPSA) is 109 Å². The lowest BCUT2D eigenvalue weighted by molar-refractivity contribution is -0.139. The van der Waals surface area contributed by atoms with Crippen LogP contribution in [0.5, 0.6) is 5.75 Å². The van der Waals surface area contributed by atoms with Gasteiger partial charge in [-0.15, -0.1) is 0 Å². The Morgan fingerprint density at radius 2 is 1.75 bits per heavy atom. The van der Waals surface area contributed by atoms with Crippen LogP contribution in [0.4, 0.5) is 5.69 Å². The van der Waals surface area contributed by atoms with Crippen molar-refractivity contribution in [3.05, 3.63) is 92.4 Å². The molecule has 0 unspecified atom stereocenters. The predicted molar refractivity (Wildman–Crippen MR) is 143 cm³/mol. The maximum absolute atomic E-state index is 12.4. The van der Waals surface area contributed by atoms with Gasteiger partial charge in [0, 0.05) is 27.3 Å². The van der Waals surface area contributed by atoms with Crippen LogP contribution in [0, 0.1) is 13.8 Å². The van der Waals surface area contributed by atoms with Crippen LogP contribution in [-0.2, 0) is 20.9 Å². The first-order chi connectivity index (χ1) is 17.2. The minimum absolute atomic E-state index is 0.213. The smallest absolute Gasteiger partial charge is 0.329 e. The molecular formula is C26H24BrClN4O4. The third-order valence-corrected chi connectivity index (χ3v) is 5.67. The highest BCUT2D eigenvalue weighted by Crippen LogP contribution is 2.22. The normalized spacial score (nSPS) is 10.7. The molecule has 3 aromatic rings. The summed E-state index contributed by atoms with van der Waals surface area (Å²) < 4.78 is 6.54. The van der Waals surface area contributed by atoms with Crippen molar-refractivity contribution >= 4 is 57.2 Å². The molecule has 0 atom stereocenters. The molecule has 10 heteroatoms. The van der Waals surface area contributed by atoms with E-state index in [1.807, 2.05) is 50.2 Å². The number of hydrogen-bond acceptors (Lipinski definition) is 5. The maximum Gasteiger partial charge on any atom is 0.329 e. The molecule has 0 fully saturated rings. The van der Waals surface area contributed by atoms with Gasteiger partial charge in [0.2, 0.25) is 0 Å². The monoisotopic (exact) mass is 570 g/mol. The van der Waals surface area contributed by atoms with Gasteiger partial charge in [0.25, 0.3) is 5.91 Å². The lowest BCUT2D eigenvalue weighted by atomic mass is 10.1. The number of nitrogens with one attached hydrogen (secondary N) is 3. The molecular weight excluding hydrogens is 548 g/mol. The van der Waals surface area contributed by atoms with E-state index >= 15 is 0 Å². The Hall–Kier alpha value is -3.69. The van der Waals surface area contributed by atoms with Gasteiger partial charge in [-0.3, -0.25) is 14.4 Å². The number of carbonyl (C=O) groups is 3. The van der Waals surface area contributed by atoms with Crippen LogP contribution in [0.25, 0.3) is 0 Å². The molecule has 0 aliphatic carbocycles. The zero-order valence-electron chi connectivity index (χ0n) is 19.6. The van der Waals surface area contributed by atoms with Gasteiger partial charge in [0.15, 0.2) is 6.61 Å². The van der Waals surface area contributed by atoms with Crippen molar-refractivity contribution in [2.75, 3.05) is 11.9 Å². The van der Waals surface area contributed by atoms with Crippen molar-refractivity contribution in [2.45, 2.75) is 20.4 Å². The third kappa shape index (κ3) is 8.21. The van der Waals surface area contributed by atoms with Crippen molar-refractivity contribution in [1.29, 1.82) is 0 Å². The second kappa shape index (κ2) is 12.9. The Bertz CT molecular complexity index is 1300. The number of anilines is 1. The highest BCUT2D eigenvalue weighted by molar-refractivity contribution is 9.10. The molecule has 0 aliphatic rings. The summed E-state index contributed by atoms with van der Waals surface area (Å²) in [6.45, 7) is 3.80. The summed E-state index contributed by atoms with van der Waals surface area (Å²) in [4.78, 5) is 36.4. The van der Waals surface area contributed by atoms with Crippen LogP contribution in [0.15, 0.2) is 70.2 Å². The first kappa shape index (κ1) is 26.9. The zero-order chi connectivity index (χ0) is 26.1. The van der Waals surface area contributed by atoms with Gasteiger partial charge in [-0.05, 0) is 61.4 Å².